The van der Waals surface area contributed by atoms with Crippen molar-refractivity contribution in [2.75, 3.05) is 7.11 Å². The molecular formula is C21H22N2O2. The maximum Gasteiger partial charge on any atom is 0.221 e. The predicted octanol–water partition coefficient (Wildman–Crippen LogP) is 3.98. The highest BCUT2D eigenvalue weighted by molar-refractivity contribution is 5.86. The van der Waals surface area contributed by atoms with Gasteiger partial charge in [-0.1, -0.05) is 30.3 Å². The highest BCUT2D eigenvalue weighted by Gasteiger charge is 2.26. The van der Waals surface area contributed by atoms with Gasteiger partial charge < -0.3 is 15.0 Å². The van der Waals surface area contributed by atoms with Gasteiger partial charge in [0.15, 0.2) is 0 Å². The number of methoxy groups -OCH3 is 1. The molecule has 2 N–H and O–H groups in total. The van der Waals surface area contributed by atoms with Gasteiger partial charge in [-0.05, 0) is 42.2 Å². The van der Waals surface area contributed by atoms with Crippen LogP contribution in [-0.4, -0.2) is 24.0 Å². The highest BCUT2D eigenvalue weighted by atomic mass is 16.5. The lowest BCUT2D eigenvalue weighted by Crippen LogP contribution is -2.27. The number of benzene rings is 2. The molecule has 1 aliphatic rings. The van der Waals surface area contributed by atoms with Gasteiger partial charge in [-0.25, -0.2) is 0 Å². The van der Waals surface area contributed by atoms with Crippen LogP contribution in [-0.2, 0) is 4.79 Å². The van der Waals surface area contributed by atoms with Crippen LogP contribution in [0.25, 0.3) is 10.9 Å². The van der Waals surface area contributed by atoms with Gasteiger partial charge in [0.2, 0.25) is 5.91 Å². The van der Waals surface area contributed by atoms with Crippen molar-refractivity contribution in [2.24, 2.45) is 0 Å². The zero-order chi connectivity index (χ0) is 17.2. The average Bonchev–Trinajstić information content (AvgIpc) is 3.35. The summed E-state index contributed by atoms with van der Waals surface area (Å²) in [6.07, 6.45) is 4.69. The Morgan fingerprint density at radius 1 is 1.20 bits per heavy atom. The van der Waals surface area contributed by atoms with Crippen LogP contribution in [0.1, 0.15) is 36.3 Å². The molecule has 2 aromatic carbocycles. The lowest BCUT2D eigenvalue weighted by atomic mass is 9.88. The zero-order valence-corrected chi connectivity index (χ0v) is 14.3. The number of hydrogen-bond acceptors (Lipinski definition) is 2. The molecular weight excluding hydrogens is 312 g/mol. The van der Waals surface area contributed by atoms with Crippen molar-refractivity contribution in [2.45, 2.75) is 31.2 Å². The van der Waals surface area contributed by atoms with Crippen molar-refractivity contribution in [1.29, 1.82) is 0 Å². The molecule has 0 aliphatic heterocycles. The summed E-state index contributed by atoms with van der Waals surface area (Å²) in [5.74, 6) is 0.957. The van der Waals surface area contributed by atoms with E-state index in [4.69, 9.17) is 4.74 Å². The van der Waals surface area contributed by atoms with Crippen LogP contribution in [0.15, 0.2) is 54.7 Å². The van der Waals surface area contributed by atoms with Crippen molar-refractivity contribution < 1.29 is 9.53 Å². The minimum absolute atomic E-state index is 0.0146. The number of hydrogen-bond donors (Lipinski definition) is 2. The third-order valence-corrected chi connectivity index (χ3v) is 4.85. The van der Waals surface area contributed by atoms with E-state index < -0.39 is 0 Å². The number of H-pyrrole nitrogens is 1. The molecule has 4 heteroatoms. The fraction of sp³-hybridized carbons (Fsp3) is 0.286. The molecule has 1 saturated carbocycles. The second-order valence-electron chi connectivity index (χ2n) is 6.66. The second-order valence-corrected chi connectivity index (χ2v) is 6.66. The summed E-state index contributed by atoms with van der Waals surface area (Å²) in [5.41, 5.74) is 3.38. The summed E-state index contributed by atoms with van der Waals surface area (Å²) in [5, 5.41) is 4.28. The van der Waals surface area contributed by atoms with E-state index in [1.54, 1.807) is 7.11 Å². The molecule has 0 bridgehead atoms. The van der Waals surface area contributed by atoms with Gasteiger partial charge in [0.05, 0.1) is 7.11 Å². The largest absolute Gasteiger partial charge is 0.497 e. The number of aromatic nitrogens is 1. The van der Waals surface area contributed by atoms with Crippen molar-refractivity contribution in [3.05, 3.63) is 65.9 Å². The third kappa shape index (κ3) is 3.38. The van der Waals surface area contributed by atoms with Gasteiger partial charge in [0.1, 0.15) is 5.75 Å². The first kappa shape index (κ1) is 15.8. The highest BCUT2D eigenvalue weighted by Crippen LogP contribution is 2.34. The van der Waals surface area contributed by atoms with Crippen molar-refractivity contribution >= 4 is 16.8 Å². The summed E-state index contributed by atoms with van der Waals surface area (Å²) in [6.45, 7) is 0. The number of nitrogens with one attached hydrogen (secondary N) is 2. The molecule has 128 valence electrons. The first-order valence-corrected chi connectivity index (χ1v) is 8.74. The Labute approximate surface area is 147 Å². The van der Waals surface area contributed by atoms with Crippen LogP contribution in [0.5, 0.6) is 5.75 Å². The number of fused-ring (bicyclic) bond motifs is 1. The molecule has 1 fully saturated rings. The fourth-order valence-electron chi connectivity index (χ4n) is 3.33. The molecule has 1 atom stereocenters. The first-order valence-electron chi connectivity index (χ1n) is 8.74. The smallest absolute Gasteiger partial charge is 0.221 e. The topological polar surface area (TPSA) is 54.1 Å². The standard InChI is InChI=1S/C21H22N2O2/c1-25-16-10-6-14(7-11-16)18(12-21(24)23-15-8-9-15)19-13-22-20-5-3-2-4-17(19)20/h2-7,10-11,13,15,18,22H,8-9,12H2,1H3,(H,23,24). The van der Waals surface area contributed by atoms with Crippen LogP contribution >= 0.6 is 0 Å². The zero-order valence-electron chi connectivity index (χ0n) is 14.3. The third-order valence-electron chi connectivity index (χ3n) is 4.85. The molecule has 25 heavy (non-hydrogen) atoms. The molecule has 1 aromatic heterocycles. The summed E-state index contributed by atoms with van der Waals surface area (Å²) < 4.78 is 5.27. The summed E-state index contributed by atoms with van der Waals surface area (Å²) in [6, 6.07) is 16.6. The van der Waals surface area contributed by atoms with Gasteiger partial charge in [-0.3, -0.25) is 4.79 Å². The van der Waals surface area contributed by atoms with Gasteiger partial charge >= 0.3 is 0 Å². The maximum absolute atomic E-state index is 12.5. The SMILES string of the molecule is COc1ccc(C(CC(=O)NC2CC2)c2c[nH]c3ccccc23)cc1. The van der Waals surface area contributed by atoms with E-state index in [2.05, 4.69) is 34.6 Å². The molecule has 1 heterocycles. The van der Waals surface area contributed by atoms with Crippen LogP contribution in [0.3, 0.4) is 0 Å². The molecule has 1 aliphatic carbocycles. The quantitative estimate of drug-likeness (QED) is 0.716. The lowest BCUT2D eigenvalue weighted by Gasteiger charge is -2.17. The number of rotatable bonds is 6. The number of para-hydroxylation sites is 1. The minimum atomic E-state index is 0.0146. The van der Waals surface area contributed by atoms with E-state index in [9.17, 15) is 4.79 Å². The van der Waals surface area contributed by atoms with Crippen LogP contribution in [0.2, 0.25) is 0 Å². The van der Waals surface area contributed by atoms with Crippen molar-refractivity contribution in [3.63, 3.8) is 0 Å². The van der Waals surface area contributed by atoms with Crippen LogP contribution in [0.4, 0.5) is 0 Å². The van der Waals surface area contributed by atoms with Crippen molar-refractivity contribution in [3.8, 4) is 5.75 Å². The molecule has 3 aromatic rings. The number of amides is 1. The van der Waals surface area contributed by atoms with E-state index in [1.165, 1.54) is 5.39 Å². The number of carbonyl (C=O) groups excluding carboxylic acids is 1. The molecule has 1 amide bonds. The normalized spacial score (nSPS) is 15.1. The van der Waals surface area contributed by atoms with E-state index in [-0.39, 0.29) is 11.8 Å². The minimum Gasteiger partial charge on any atom is -0.497 e. The van der Waals surface area contributed by atoms with Crippen molar-refractivity contribution in [1.82, 2.24) is 10.3 Å². The van der Waals surface area contributed by atoms with E-state index in [0.29, 0.717) is 12.5 Å². The van der Waals surface area contributed by atoms with Gasteiger partial charge in [0.25, 0.3) is 0 Å². The molecule has 4 rings (SSSR count). The first-order chi connectivity index (χ1) is 12.2. The average molecular weight is 334 g/mol. The Morgan fingerprint density at radius 2 is 1.96 bits per heavy atom. The van der Waals surface area contributed by atoms with E-state index >= 15 is 0 Å². The molecule has 0 spiro atoms. The molecule has 0 radical (unpaired) electrons. The molecule has 4 nitrogen and oxygen atoms in total. The Kier molecular flexibility index (Phi) is 4.18. The monoisotopic (exact) mass is 334 g/mol. The summed E-state index contributed by atoms with van der Waals surface area (Å²) >= 11 is 0. The van der Waals surface area contributed by atoms with Gasteiger partial charge in [-0.2, -0.15) is 0 Å². The molecule has 0 saturated heterocycles. The van der Waals surface area contributed by atoms with E-state index in [1.807, 2.05) is 30.5 Å². The van der Waals surface area contributed by atoms with Crippen LogP contribution < -0.4 is 10.1 Å². The summed E-state index contributed by atoms with van der Waals surface area (Å²) in [7, 11) is 1.66. The predicted molar refractivity (Wildman–Crippen MR) is 98.9 cm³/mol. The second kappa shape index (κ2) is 6.63. The Bertz CT molecular complexity index is 878. The van der Waals surface area contributed by atoms with Gasteiger partial charge in [0, 0.05) is 35.5 Å². The van der Waals surface area contributed by atoms with Gasteiger partial charge in [-0.15, -0.1) is 0 Å². The van der Waals surface area contributed by atoms with E-state index in [0.717, 1.165) is 35.2 Å². The molecule has 1 unspecified atom stereocenters. The number of aromatic amines is 1. The summed E-state index contributed by atoms with van der Waals surface area (Å²) in [4.78, 5) is 15.8. The Hall–Kier alpha value is -2.75. The Morgan fingerprint density at radius 3 is 2.68 bits per heavy atom. The lowest BCUT2D eigenvalue weighted by molar-refractivity contribution is -0.121. The Balaban J connectivity index is 1.69. The van der Waals surface area contributed by atoms with Crippen LogP contribution in [0, 0.1) is 0 Å². The number of carbonyl (C=O) groups is 1. The number of ether oxygens (including phenoxy) is 1. The fourth-order valence-corrected chi connectivity index (χ4v) is 3.33. The maximum atomic E-state index is 12.5.